The number of carbonyl (C=O) groups excluding carboxylic acids is 3. The Hall–Kier alpha value is -6.98. The predicted octanol–water partition coefficient (Wildman–Crippen LogP) is 6.63. The van der Waals surface area contributed by atoms with E-state index in [1.807, 2.05) is 30.3 Å². The number of aromatic nitrogens is 4. The first-order valence-electron chi connectivity index (χ1n) is 21.3. The van der Waals surface area contributed by atoms with Crippen molar-refractivity contribution < 1.29 is 43.2 Å². The van der Waals surface area contributed by atoms with Crippen LogP contribution >= 0.6 is 0 Å². The van der Waals surface area contributed by atoms with Crippen LogP contribution in [0.15, 0.2) is 79.0 Å². The van der Waals surface area contributed by atoms with E-state index in [9.17, 15) is 24.3 Å². The maximum atomic E-state index is 14.1. The van der Waals surface area contributed by atoms with E-state index >= 15 is 0 Å². The van der Waals surface area contributed by atoms with Crippen molar-refractivity contribution in [3.63, 3.8) is 0 Å². The highest BCUT2D eigenvalue weighted by Crippen LogP contribution is 2.44. The standard InChI is InChI=1S/C47H50N8O9/c1-25(62-3)39(53-47(60)63-4)44(56)55-22-26(23-61-2)17-37(55)43-49-34-15-13-28-19-33-31-14-12-29(18-30(31)24-64-38(33)20-32(28)41(34)51-43)35-21-48-42(50-35)36-11-8-16-54(36)45(57)40(52-46(58)59)27-9-6-5-7-10-27/h5-7,9-10,12-15,18-21,25-26,36-37,39-40,52H,8,11,16-17,22-24H2,1-4H3,(H,48,50)(H,49,51)(H,53,60)(H,58,59)/t25?,26-,36-,37-,39?,40?/m0/s1. The molecule has 2 saturated heterocycles. The first-order valence-corrected chi connectivity index (χ1v) is 21.3. The first kappa shape index (κ1) is 42.3. The molecule has 3 aliphatic rings. The number of aromatic amines is 2. The van der Waals surface area contributed by atoms with Crippen molar-refractivity contribution >= 4 is 45.8 Å². The third kappa shape index (κ3) is 7.96. The highest BCUT2D eigenvalue weighted by molar-refractivity contribution is 6.07. The second-order valence-corrected chi connectivity index (χ2v) is 16.6. The molecule has 0 spiro atoms. The van der Waals surface area contributed by atoms with Gasteiger partial charge in [0.1, 0.15) is 36.1 Å². The Morgan fingerprint density at radius 1 is 0.922 bits per heavy atom. The Bertz CT molecular complexity index is 2740. The van der Waals surface area contributed by atoms with E-state index in [1.165, 1.54) is 14.2 Å². The second-order valence-electron chi connectivity index (χ2n) is 16.6. The number of methoxy groups -OCH3 is 3. The molecule has 4 amide bonds. The summed E-state index contributed by atoms with van der Waals surface area (Å²) in [5.74, 6) is 1.44. The van der Waals surface area contributed by atoms with Crippen LogP contribution in [-0.4, -0.2) is 112 Å². The molecule has 6 aromatic rings. The van der Waals surface area contributed by atoms with Gasteiger partial charge in [0.05, 0.1) is 54.8 Å². The van der Waals surface area contributed by atoms with Gasteiger partial charge < -0.3 is 54.5 Å². The van der Waals surface area contributed by atoms with Gasteiger partial charge in [-0.15, -0.1) is 0 Å². The normalized spacial score (nSPS) is 19.4. The van der Waals surface area contributed by atoms with Gasteiger partial charge in [0.15, 0.2) is 0 Å². The molecule has 0 radical (unpaired) electrons. The van der Waals surface area contributed by atoms with Gasteiger partial charge in [-0.3, -0.25) is 9.59 Å². The Balaban J connectivity index is 0.970. The molecule has 3 unspecified atom stereocenters. The van der Waals surface area contributed by atoms with Crippen molar-refractivity contribution in [2.24, 2.45) is 5.92 Å². The van der Waals surface area contributed by atoms with Gasteiger partial charge in [-0.2, -0.15) is 0 Å². The second kappa shape index (κ2) is 17.7. The van der Waals surface area contributed by atoms with Gasteiger partial charge in [0.2, 0.25) is 5.91 Å². The fourth-order valence-electron chi connectivity index (χ4n) is 9.49. The summed E-state index contributed by atoms with van der Waals surface area (Å²) in [4.78, 5) is 72.2. The number of carbonyl (C=O) groups is 4. The lowest BCUT2D eigenvalue weighted by Gasteiger charge is -2.30. The number of nitrogens with zero attached hydrogens (tertiary/aromatic N) is 4. The van der Waals surface area contributed by atoms with Gasteiger partial charge in [-0.25, -0.2) is 19.6 Å². The fourth-order valence-corrected chi connectivity index (χ4v) is 9.49. The van der Waals surface area contributed by atoms with E-state index in [0.717, 1.165) is 61.9 Å². The number of rotatable bonds is 12. The van der Waals surface area contributed by atoms with Crippen LogP contribution in [0.25, 0.3) is 44.2 Å². The van der Waals surface area contributed by atoms with Crippen molar-refractivity contribution in [3.8, 4) is 28.1 Å². The van der Waals surface area contributed by atoms with Crippen molar-refractivity contribution in [2.75, 3.05) is 41.0 Å². The molecule has 5 N–H and O–H groups in total. The topological polar surface area (TPSA) is 213 Å². The number of likely N-dealkylation sites (tertiary alicyclic amines) is 2. The Kier molecular flexibility index (Phi) is 11.7. The Labute approximate surface area is 368 Å². The molecule has 17 nitrogen and oxygen atoms in total. The smallest absolute Gasteiger partial charge is 0.407 e. The number of H-pyrrole nitrogens is 2. The molecule has 2 fully saturated rings. The minimum atomic E-state index is -1.27. The molecule has 5 heterocycles. The largest absolute Gasteiger partial charge is 0.488 e. The Morgan fingerprint density at radius 2 is 1.75 bits per heavy atom. The molecule has 3 aliphatic heterocycles. The summed E-state index contributed by atoms with van der Waals surface area (Å²) >= 11 is 0. The fraction of sp³-hybridized carbons (Fsp3) is 0.362. The van der Waals surface area contributed by atoms with Gasteiger partial charge in [0.25, 0.3) is 5.91 Å². The quantitative estimate of drug-likeness (QED) is 0.0880. The van der Waals surface area contributed by atoms with Gasteiger partial charge in [-0.1, -0.05) is 48.5 Å². The number of nitrogens with one attached hydrogen (secondary N) is 4. The molecular formula is C47H50N8O9. The number of carboxylic acid groups (broad SMARTS) is 1. The number of ether oxygens (including phenoxy) is 4. The molecule has 0 aliphatic carbocycles. The van der Waals surface area contributed by atoms with Gasteiger partial charge >= 0.3 is 12.2 Å². The Morgan fingerprint density at radius 3 is 2.52 bits per heavy atom. The SMILES string of the molecule is COC[C@H]1C[C@@H](c2nc3ccc4cc5c(cc4c3[nH]2)OCc2cc(-c3cnc([C@@H]4CCCN4C(=O)C(NC(=O)O)c4ccccc4)[nH]3)ccc2-5)N(C(=O)C(NC(=O)OC)C(C)OC)C1. The highest BCUT2D eigenvalue weighted by Gasteiger charge is 2.43. The molecule has 0 saturated carbocycles. The summed E-state index contributed by atoms with van der Waals surface area (Å²) in [5, 5.41) is 16.5. The van der Waals surface area contributed by atoms with Crippen LogP contribution in [0.3, 0.4) is 0 Å². The van der Waals surface area contributed by atoms with Crippen LogP contribution in [0, 0.1) is 5.92 Å². The monoisotopic (exact) mass is 870 g/mol. The van der Waals surface area contributed by atoms with Crippen molar-refractivity contribution in [2.45, 2.75) is 63.1 Å². The van der Waals surface area contributed by atoms with E-state index in [1.54, 1.807) is 54.3 Å². The van der Waals surface area contributed by atoms with E-state index < -0.39 is 36.4 Å². The van der Waals surface area contributed by atoms with Crippen molar-refractivity contribution in [1.82, 2.24) is 40.4 Å². The number of imidazole rings is 2. The molecule has 4 aromatic carbocycles. The van der Waals surface area contributed by atoms with Crippen LogP contribution in [0.2, 0.25) is 0 Å². The number of alkyl carbamates (subject to hydrolysis) is 1. The van der Waals surface area contributed by atoms with E-state index in [-0.39, 0.29) is 23.8 Å². The highest BCUT2D eigenvalue weighted by atomic mass is 16.5. The van der Waals surface area contributed by atoms with Crippen LogP contribution in [-0.2, 0) is 30.4 Å². The number of amides is 4. The predicted molar refractivity (Wildman–Crippen MR) is 235 cm³/mol. The van der Waals surface area contributed by atoms with E-state index in [0.29, 0.717) is 56.4 Å². The lowest BCUT2D eigenvalue weighted by Crippen LogP contribution is -2.54. The van der Waals surface area contributed by atoms with Crippen LogP contribution < -0.4 is 15.4 Å². The average molecular weight is 871 g/mol. The molecule has 9 rings (SSSR count). The average Bonchev–Trinajstić information content (AvgIpc) is 4.15. The number of hydrogen-bond donors (Lipinski definition) is 5. The van der Waals surface area contributed by atoms with E-state index in [4.69, 9.17) is 28.9 Å². The maximum Gasteiger partial charge on any atom is 0.407 e. The molecule has 17 heteroatoms. The molecule has 332 valence electrons. The van der Waals surface area contributed by atoms with Crippen molar-refractivity contribution in [1.29, 1.82) is 0 Å². The molecule has 2 aromatic heterocycles. The molecule has 0 bridgehead atoms. The molecule has 64 heavy (non-hydrogen) atoms. The summed E-state index contributed by atoms with van der Waals surface area (Å²) in [6.45, 7) is 3.43. The molecular weight excluding hydrogens is 821 g/mol. The van der Waals surface area contributed by atoms with Crippen molar-refractivity contribution in [3.05, 3.63) is 102 Å². The minimum absolute atomic E-state index is 0.0492. The summed E-state index contributed by atoms with van der Waals surface area (Å²) in [7, 11) is 4.38. The summed E-state index contributed by atoms with van der Waals surface area (Å²) in [6, 6.07) is 20.5. The minimum Gasteiger partial charge on any atom is -0.488 e. The lowest BCUT2D eigenvalue weighted by molar-refractivity contribution is -0.138. The van der Waals surface area contributed by atoms with Crippen LogP contribution in [0.5, 0.6) is 5.75 Å². The third-order valence-corrected chi connectivity index (χ3v) is 12.7. The third-order valence-electron chi connectivity index (χ3n) is 12.7. The van der Waals surface area contributed by atoms with Gasteiger partial charge in [0, 0.05) is 44.2 Å². The summed E-state index contributed by atoms with van der Waals surface area (Å²) < 4.78 is 22.2. The zero-order valence-corrected chi connectivity index (χ0v) is 35.9. The zero-order chi connectivity index (χ0) is 44.6. The number of benzene rings is 4. The molecule has 6 atom stereocenters. The zero-order valence-electron chi connectivity index (χ0n) is 35.9. The first-order chi connectivity index (χ1) is 31.0. The summed E-state index contributed by atoms with van der Waals surface area (Å²) in [5.41, 5.74) is 6.87. The van der Waals surface area contributed by atoms with Crippen LogP contribution in [0.1, 0.15) is 67.1 Å². The summed E-state index contributed by atoms with van der Waals surface area (Å²) in [6.07, 6.45) is 1.23. The number of hydrogen-bond acceptors (Lipinski definition) is 10. The van der Waals surface area contributed by atoms with E-state index in [2.05, 4.69) is 38.8 Å². The van der Waals surface area contributed by atoms with Gasteiger partial charge in [-0.05, 0) is 78.1 Å². The number of fused-ring (bicyclic) bond motifs is 6. The maximum absolute atomic E-state index is 14.1. The van der Waals surface area contributed by atoms with Crippen LogP contribution in [0.4, 0.5) is 9.59 Å². The lowest BCUT2D eigenvalue weighted by atomic mass is 9.92.